The molecule has 0 bridgehead atoms. The molecule has 0 unspecified atom stereocenters. The average molecular weight is 378 g/mol. The summed E-state index contributed by atoms with van der Waals surface area (Å²) in [7, 11) is 1.43. The lowest BCUT2D eigenvalue weighted by atomic mass is 9.91. The molecule has 0 aromatic heterocycles. The zero-order chi connectivity index (χ0) is 18.7. The van der Waals surface area contributed by atoms with Gasteiger partial charge in [0.15, 0.2) is 11.6 Å². The van der Waals surface area contributed by atoms with E-state index in [1.54, 1.807) is 18.2 Å². The third kappa shape index (κ3) is 4.00. The first kappa shape index (κ1) is 18.7. The van der Waals surface area contributed by atoms with Crippen LogP contribution in [0.15, 0.2) is 42.5 Å². The number of likely N-dealkylation sites (tertiary alicyclic amines) is 1. The maximum absolute atomic E-state index is 14.3. The van der Waals surface area contributed by atoms with Gasteiger partial charge in [-0.2, -0.15) is 0 Å². The van der Waals surface area contributed by atoms with Crippen LogP contribution >= 0.6 is 11.6 Å². The Morgan fingerprint density at radius 1 is 1.27 bits per heavy atom. The quantitative estimate of drug-likeness (QED) is 0.840. The summed E-state index contributed by atoms with van der Waals surface area (Å²) in [5.74, 6) is -1.45. The molecule has 0 radical (unpaired) electrons. The van der Waals surface area contributed by atoms with Gasteiger partial charge in [0, 0.05) is 11.6 Å². The first-order chi connectivity index (χ1) is 12.5. The Labute approximate surface area is 157 Å². The highest BCUT2D eigenvalue weighted by atomic mass is 35.5. The standard InChI is InChI=1S/C20H21ClFNO3/c1-26-18-9-6-14(11-17(18)22)19(13-4-7-16(21)8-5-13)23-10-2-3-15(12-23)20(24)25/h4-9,11,15,19H,2-3,10,12H2,1H3,(H,24,25)/t15-,19+/m1/s1. The summed E-state index contributed by atoms with van der Waals surface area (Å²) in [6.07, 6.45) is 1.45. The van der Waals surface area contributed by atoms with E-state index in [1.165, 1.54) is 13.2 Å². The molecule has 138 valence electrons. The van der Waals surface area contributed by atoms with Crippen LogP contribution in [0.1, 0.15) is 30.0 Å². The number of nitrogens with zero attached hydrogens (tertiary/aromatic N) is 1. The largest absolute Gasteiger partial charge is 0.494 e. The molecule has 4 nitrogen and oxygen atoms in total. The zero-order valence-corrected chi connectivity index (χ0v) is 15.2. The molecule has 0 aliphatic carbocycles. The molecule has 0 amide bonds. The van der Waals surface area contributed by atoms with Crippen LogP contribution in [-0.4, -0.2) is 36.2 Å². The maximum Gasteiger partial charge on any atom is 0.307 e. The van der Waals surface area contributed by atoms with Gasteiger partial charge in [-0.25, -0.2) is 4.39 Å². The number of carbonyl (C=O) groups is 1. The number of hydrogen-bond donors (Lipinski definition) is 1. The summed E-state index contributed by atoms with van der Waals surface area (Å²) in [4.78, 5) is 13.6. The molecule has 1 N–H and O–H groups in total. The predicted molar refractivity (Wildman–Crippen MR) is 98.2 cm³/mol. The summed E-state index contributed by atoms with van der Waals surface area (Å²) in [5.41, 5.74) is 1.71. The Morgan fingerprint density at radius 2 is 1.96 bits per heavy atom. The number of carboxylic acid groups (broad SMARTS) is 1. The van der Waals surface area contributed by atoms with E-state index in [0.717, 1.165) is 24.1 Å². The molecule has 3 rings (SSSR count). The number of rotatable bonds is 5. The topological polar surface area (TPSA) is 49.8 Å². The molecular formula is C20H21ClFNO3. The van der Waals surface area contributed by atoms with Crippen LogP contribution in [0.25, 0.3) is 0 Å². The lowest BCUT2D eigenvalue weighted by Gasteiger charge is -2.37. The van der Waals surface area contributed by atoms with E-state index in [-0.39, 0.29) is 11.8 Å². The zero-order valence-electron chi connectivity index (χ0n) is 14.5. The molecule has 1 aliphatic heterocycles. The molecule has 1 saturated heterocycles. The number of hydrogen-bond acceptors (Lipinski definition) is 3. The first-order valence-electron chi connectivity index (χ1n) is 8.55. The van der Waals surface area contributed by atoms with Crippen LogP contribution in [0, 0.1) is 11.7 Å². The van der Waals surface area contributed by atoms with Gasteiger partial charge in [0.05, 0.1) is 19.1 Å². The predicted octanol–water partition coefficient (Wildman–Crippen LogP) is 4.37. The number of benzene rings is 2. The van der Waals surface area contributed by atoms with Crippen molar-refractivity contribution in [3.05, 3.63) is 64.4 Å². The number of ether oxygens (including phenoxy) is 1. The first-order valence-corrected chi connectivity index (χ1v) is 8.93. The van der Waals surface area contributed by atoms with Gasteiger partial charge in [-0.3, -0.25) is 9.69 Å². The van der Waals surface area contributed by atoms with Crippen molar-refractivity contribution < 1.29 is 19.0 Å². The van der Waals surface area contributed by atoms with E-state index in [9.17, 15) is 14.3 Å². The highest BCUT2D eigenvalue weighted by Gasteiger charge is 2.31. The third-order valence-corrected chi connectivity index (χ3v) is 5.10. The van der Waals surface area contributed by atoms with Crippen molar-refractivity contribution in [1.82, 2.24) is 4.90 Å². The lowest BCUT2D eigenvalue weighted by molar-refractivity contribution is -0.143. The molecule has 0 saturated carbocycles. The Kier molecular flexibility index (Phi) is 5.79. The van der Waals surface area contributed by atoms with E-state index in [2.05, 4.69) is 4.90 Å². The second-order valence-electron chi connectivity index (χ2n) is 6.52. The molecular weight excluding hydrogens is 357 g/mol. The molecule has 1 heterocycles. The van der Waals surface area contributed by atoms with E-state index in [0.29, 0.717) is 18.0 Å². The van der Waals surface area contributed by atoms with Crippen molar-refractivity contribution in [3.63, 3.8) is 0 Å². The van der Waals surface area contributed by atoms with E-state index in [4.69, 9.17) is 16.3 Å². The number of halogens is 2. The lowest BCUT2D eigenvalue weighted by Crippen LogP contribution is -2.41. The molecule has 6 heteroatoms. The number of methoxy groups -OCH3 is 1. The molecule has 1 aliphatic rings. The number of piperidine rings is 1. The molecule has 2 aromatic rings. The van der Waals surface area contributed by atoms with Gasteiger partial charge < -0.3 is 9.84 Å². The van der Waals surface area contributed by atoms with Gasteiger partial charge in [-0.05, 0) is 54.8 Å². The fourth-order valence-corrected chi connectivity index (χ4v) is 3.68. The minimum absolute atomic E-state index is 0.186. The second kappa shape index (κ2) is 8.06. The van der Waals surface area contributed by atoms with Crippen molar-refractivity contribution in [1.29, 1.82) is 0 Å². The summed E-state index contributed by atoms with van der Waals surface area (Å²) in [6, 6.07) is 12.0. The fraction of sp³-hybridized carbons (Fsp3) is 0.350. The van der Waals surface area contributed by atoms with Crippen molar-refractivity contribution >= 4 is 17.6 Å². The number of carboxylic acids is 1. The van der Waals surface area contributed by atoms with Gasteiger partial charge in [0.25, 0.3) is 0 Å². The second-order valence-corrected chi connectivity index (χ2v) is 6.96. The van der Waals surface area contributed by atoms with Crippen LogP contribution < -0.4 is 4.74 Å². The highest BCUT2D eigenvalue weighted by molar-refractivity contribution is 6.30. The van der Waals surface area contributed by atoms with Crippen molar-refractivity contribution in [2.45, 2.75) is 18.9 Å². The molecule has 26 heavy (non-hydrogen) atoms. The van der Waals surface area contributed by atoms with E-state index < -0.39 is 17.7 Å². The summed E-state index contributed by atoms with van der Waals surface area (Å²) < 4.78 is 19.3. The Hall–Kier alpha value is -2.11. The normalized spacial score (nSPS) is 19.1. The maximum atomic E-state index is 14.3. The number of aliphatic carboxylic acids is 1. The minimum atomic E-state index is -0.787. The van der Waals surface area contributed by atoms with Crippen molar-refractivity contribution in [2.24, 2.45) is 5.92 Å². The van der Waals surface area contributed by atoms with Crippen LogP contribution in [-0.2, 0) is 4.79 Å². The van der Waals surface area contributed by atoms with Crippen molar-refractivity contribution in [2.75, 3.05) is 20.2 Å². The van der Waals surface area contributed by atoms with Crippen LogP contribution in [0.3, 0.4) is 0 Å². The minimum Gasteiger partial charge on any atom is -0.494 e. The fourth-order valence-electron chi connectivity index (χ4n) is 3.55. The van der Waals surface area contributed by atoms with Gasteiger partial charge in [0.1, 0.15) is 0 Å². The SMILES string of the molecule is COc1ccc([C@H](c2ccc(Cl)cc2)N2CCC[C@@H](C(=O)O)C2)cc1F. The Morgan fingerprint density at radius 3 is 2.58 bits per heavy atom. The van der Waals surface area contributed by atoms with Gasteiger partial charge in [-0.15, -0.1) is 0 Å². The van der Waals surface area contributed by atoms with Crippen molar-refractivity contribution in [3.8, 4) is 5.75 Å². The van der Waals surface area contributed by atoms with Gasteiger partial charge in [-0.1, -0.05) is 29.8 Å². The smallest absolute Gasteiger partial charge is 0.307 e. The summed E-state index contributed by atoms with van der Waals surface area (Å²) >= 11 is 6.01. The molecule has 2 aromatic carbocycles. The van der Waals surface area contributed by atoms with Crippen LogP contribution in [0.2, 0.25) is 5.02 Å². The Balaban J connectivity index is 2.00. The van der Waals surface area contributed by atoms with Gasteiger partial charge in [0.2, 0.25) is 0 Å². The van der Waals surface area contributed by atoms with E-state index in [1.807, 2.05) is 18.2 Å². The average Bonchev–Trinajstić information content (AvgIpc) is 2.64. The molecule has 2 atom stereocenters. The van der Waals surface area contributed by atoms with Crippen LogP contribution in [0.5, 0.6) is 5.75 Å². The molecule has 0 spiro atoms. The van der Waals surface area contributed by atoms with Gasteiger partial charge >= 0.3 is 5.97 Å². The van der Waals surface area contributed by atoms with E-state index >= 15 is 0 Å². The van der Waals surface area contributed by atoms with Crippen LogP contribution in [0.4, 0.5) is 4.39 Å². The summed E-state index contributed by atoms with van der Waals surface area (Å²) in [6.45, 7) is 1.18. The highest BCUT2D eigenvalue weighted by Crippen LogP contribution is 2.34. The Bertz CT molecular complexity index is 781. The monoisotopic (exact) mass is 377 g/mol. The summed E-state index contributed by atoms with van der Waals surface area (Å²) in [5, 5.41) is 10.0. The molecule has 1 fully saturated rings. The third-order valence-electron chi connectivity index (χ3n) is 4.84.